The van der Waals surface area contributed by atoms with Crippen molar-refractivity contribution < 1.29 is 14.3 Å². The van der Waals surface area contributed by atoms with Crippen LogP contribution in [0.5, 0.6) is 5.75 Å². The summed E-state index contributed by atoms with van der Waals surface area (Å²) in [5.74, 6) is -0.446. The Labute approximate surface area is 212 Å². The summed E-state index contributed by atoms with van der Waals surface area (Å²) in [6.45, 7) is 5.68. The van der Waals surface area contributed by atoms with Crippen molar-refractivity contribution in [3.8, 4) is 11.4 Å². The molecule has 0 bridgehead atoms. The molecule has 2 amide bonds. The van der Waals surface area contributed by atoms with E-state index in [1.165, 1.54) is 4.90 Å². The predicted molar refractivity (Wildman–Crippen MR) is 139 cm³/mol. The molecule has 1 aromatic heterocycles. The SMILES string of the molecule is COc1ccc(Cl)cc1-n1c(C)cc(/C=C2\C(=O)NC(=S)N(c3ccc(C)c(Cl)c3)C2=O)c1C. The number of anilines is 1. The molecule has 0 spiro atoms. The second-order valence-electron chi connectivity index (χ2n) is 7.87. The minimum absolute atomic E-state index is 0.00112. The van der Waals surface area contributed by atoms with E-state index in [0.717, 1.165) is 22.6 Å². The summed E-state index contributed by atoms with van der Waals surface area (Å²) in [5, 5.41) is 3.66. The highest BCUT2D eigenvalue weighted by Gasteiger charge is 2.35. The molecule has 4 rings (SSSR count). The fraction of sp³-hybridized carbons (Fsp3) is 0.160. The zero-order valence-electron chi connectivity index (χ0n) is 18.9. The van der Waals surface area contributed by atoms with Crippen molar-refractivity contribution in [3.05, 3.63) is 80.6 Å². The molecule has 1 saturated heterocycles. The van der Waals surface area contributed by atoms with E-state index >= 15 is 0 Å². The Morgan fingerprint density at radius 1 is 1.03 bits per heavy atom. The number of aromatic nitrogens is 1. The summed E-state index contributed by atoms with van der Waals surface area (Å²) in [4.78, 5) is 27.4. The zero-order valence-corrected chi connectivity index (χ0v) is 21.2. The number of nitrogens with zero attached hydrogens (tertiary/aromatic N) is 2. The molecule has 1 N–H and O–H groups in total. The van der Waals surface area contributed by atoms with Crippen molar-refractivity contribution in [3.63, 3.8) is 0 Å². The van der Waals surface area contributed by atoms with Crippen molar-refractivity contribution in [2.45, 2.75) is 20.8 Å². The van der Waals surface area contributed by atoms with Gasteiger partial charge in [0.2, 0.25) is 0 Å². The maximum atomic E-state index is 13.4. The number of nitrogens with one attached hydrogen (secondary N) is 1. The van der Waals surface area contributed by atoms with E-state index in [2.05, 4.69) is 5.32 Å². The van der Waals surface area contributed by atoms with Crippen molar-refractivity contribution >= 4 is 64.1 Å². The first-order valence-electron chi connectivity index (χ1n) is 10.3. The summed E-state index contributed by atoms with van der Waals surface area (Å²) in [6, 6.07) is 12.4. The first-order valence-corrected chi connectivity index (χ1v) is 11.5. The lowest BCUT2D eigenvalue weighted by atomic mass is 10.1. The topological polar surface area (TPSA) is 63.6 Å². The molecule has 2 aromatic carbocycles. The van der Waals surface area contributed by atoms with Crippen LogP contribution in [0.2, 0.25) is 10.0 Å². The number of amides is 2. The molecule has 0 radical (unpaired) electrons. The highest BCUT2D eigenvalue weighted by atomic mass is 35.5. The van der Waals surface area contributed by atoms with Crippen LogP contribution in [0.25, 0.3) is 11.8 Å². The van der Waals surface area contributed by atoms with Crippen molar-refractivity contribution in [1.82, 2.24) is 9.88 Å². The van der Waals surface area contributed by atoms with Gasteiger partial charge in [-0.1, -0.05) is 29.3 Å². The number of ether oxygens (including phenoxy) is 1. The number of methoxy groups -OCH3 is 1. The highest BCUT2D eigenvalue weighted by Crippen LogP contribution is 2.32. The van der Waals surface area contributed by atoms with Gasteiger partial charge in [-0.2, -0.15) is 0 Å². The van der Waals surface area contributed by atoms with Gasteiger partial charge >= 0.3 is 0 Å². The van der Waals surface area contributed by atoms with Gasteiger partial charge in [-0.15, -0.1) is 0 Å². The van der Waals surface area contributed by atoms with Crippen LogP contribution in [0.4, 0.5) is 5.69 Å². The first-order chi connectivity index (χ1) is 16.1. The molecule has 34 heavy (non-hydrogen) atoms. The van der Waals surface area contributed by atoms with Gasteiger partial charge in [0.15, 0.2) is 5.11 Å². The van der Waals surface area contributed by atoms with Gasteiger partial charge in [0.05, 0.1) is 18.5 Å². The molecule has 2 heterocycles. The van der Waals surface area contributed by atoms with E-state index in [0.29, 0.717) is 27.0 Å². The number of hydrogen-bond acceptors (Lipinski definition) is 4. The smallest absolute Gasteiger partial charge is 0.270 e. The summed E-state index contributed by atoms with van der Waals surface area (Å²) in [5.41, 5.74) is 4.45. The number of hydrogen-bond donors (Lipinski definition) is 1. The molecule has 6 nitrogen and oxygen atoms in total. The third-order valence-electron chi connectivity index (χ3n) is 5.67. The second-order valence-corrected chi connectivity index (χ2v) is 9.10. The molecule has 9 heteroatoms. The van der Waals surface area contributed by atoms with Crippen LogP contribution in [0, 0.1) is 20.8 Å². The molecule has 0 atom stereocenters. The lowest BCUT2D eigenvalue weighted by Gasteiger charge is -2.29. The van der Waals surface area contributed by atoms with E-state index in [-0.39, 0.29) is 10.7 Å². The third kappa shape index (κ3) is 4.22. The number of rotatable bonds is 4. The number of aryl methyl sites for hydroxylation is 2. The molecular weight excluding hydrogens is 493 g/mol. The molecule has 174 valence electrons. The number of thiocarbonyl (C=S) groups is 1. The fourth-order valence-corrected chi connectivity index (χ4v) is 4.53. The fourth-order valence-electron chi connectivity index (χ4n) is 3.91. The van der Waals surface area contributed by atoms with Gasteiger partial charge in [-0.05, 0) is 86.6 Å². The van der Waals surface area contributed by atoms with Crippen LogP contribution < -0.4 is 15.0 Å². The number of carbonyl (C=O) groups is 2. The van der Waals surface area contributed by atoms with E-state index < -0.39 is 11.8 Å². The summed E-state index contributed by atoms with van der Waals surface area (Å²) >= 11 is 17.8. The monoisotopic (exact) mass is 513 g/mol. The minimum atomic E-state index is -0.561. The van der Waals surface area contributed by atoms with Gasteiger partial charge in [-0.3, -0.25) is 19.8 Å². The second kappa shape index (κ2) is 9.25. The molecule has 0 unspecified atom stereocenters. The summed E-state index contributed by atoms with van der Waals surface area (Å²) in [7, 11) is 1.59. The Balaban J connectivity index is 1.80. The van der Waals surface area contributed by atoms with Crippen LogP contribution in [-0.2, 0) is 9.59 Å². The van der Waals surface area contributed by atoms with E-state index in [1.807, 2.05) is 31.4 Å². The average Bonchev–Trinajstić information content (AvgIpc) is 3.06. The van der Waals surface area contributed by atoms with Crippen LogP contribution in [0.15, 0.2) is 48.0 Å². The Bertz CT molecular complexity index is 1390. The lowest BCUT2D eigenvalue weighted by molar-refractivity contribution is -0.122. The normalized spacial score (nSPS) is 15.2. The number of carbonyl (C=O) groups excluding carboxylic acids is 2. The largest absolute Gasteiger partial charge is 0.495 e. The standard InChI is InChI=1S/C25H21Cl2N3O3S/c1-13-5-7-18(12-20(13)27)30-24(32)19(23(31)28-25(30)34)10-16-9-14(2)29(15(16)3)21-11-17(26)6-8-22(21)33-4/h5-12H,1-4H3,(H,28,31,34)/b19-10+. The highest BCUT2D eigenvalue weighted by molar-refractivity contribution is 7.80. The Morgan fingerprint density at radius 3 is 2.44 bits per heavy atom. The molecule has 3 aromatic rings. The number of halogens is 2. The summed E-state index contributed by atoms with van der Waals surface area (Å²) < 4.78 is 7.47. The van der Waals surface area contributed by atoms with Crippen LogP contribution in [-0.4, -0.2) is 28.6 Å². The Kier molecular flexibility index (Phi) is 6.53. The predicted octanol–water partition coefficient (Wildman–Crippen LogP) is 5.55. The molecule has 1 aliphatic heterocycles. The lowest BCUT2D eigenvalue weighted by Crippen LogP contribution is -2.54. The van der Waals surface area contributed by atoms with Gasteiger partial charge in [0.1, 0.15) is 11.3 Å². The maximum absolute atomic E-state index is 13.4. The molecule has 1 aliphatic rings. The molecular formula is C25H21Cl2N3O3S. The van der Waals surface area contributed by atoms with Gasteiger partial charge in [0.25, 0.3) is 11.8 Å². The molecule has 0 saturated carbocycles. The average molecular weight is 514 g/mol. The van der Waals surface area contributed by atoms with Crippen molar-refractivity contribution in [2.24, 2.45) is 0 Å². The first kappa shape index (κ1) is 24.0. The Morgan fingerprint density at radius 2 is 1.76 bits per heavy atom. The summed E-state index contributed by atoms with van der Waals surface area (Å²) in [6.07, 6.45) is 1.57. The maximum Gasteiger partial charge on any atom is 0.270 e. The van der Waals surface area contributed by atoms with E-state index in [4.69, 9.17) is 40.2 Å². The molecule has 1 fully saturated rings. The number of benzene rings is 2. The van der Waals surface area contributed by atoms with Gasteiger partial charge in [0, 0.05) is 21.4 Å². The van der Waals surface area contributed by atoms with Crippen molar-refractivity contribution in [2.75, 3.05) is 12.0 Å². The third-order valence-corrected chi connectivity index (χ3v) is 6.59. The Hall–Kier alpha value is -3.13. The van der Waals surface area contributed by atoms with Crippen LogP contribution in [0.3, 0.4) is 0 Å². The van der Waals surface area contributed by atoms with Crippen molar-refractivity contribution in [1.29, 1.82) is 0 Å². The van der Waals surface area contributed by atoms with Crippen LogP contribution in [0.1, 0.15) is 22.5 Å². The van der Waals surface area contributed by atoms with Gasteiger partial charge < -0.3 is 9.30 Å². The van der Waals surface area contributed by atoms with Crippen LogP contribution >= 0.6 is 35.4 Å². The quantitative estimate of drug-likeness (QED) is 0.282. The zero-order chi connectivity index (χ0) is 24.7. The van der Waals surface area contributed by atoms with Gasteiger partial charge in [-0.25, -0.2) is 0 Å². The van der Waals surface area contributed by atoms with E-state index in [9.17, 15) is 9.59 Å². The minimum Gasteiger partial charge on any atom is -0.495 e. The molecule has 0 aliphatic carbocycles. The van der Waals surface area contributed by atoms with E-state index in [1.54, 1.807) is 49.6 Å².